The summed E-state index contributed by atoms with van der Waals surface area (Å²) in [6, 6.07) is 11.2. The van der Waals surface area contributed by atoms with Crippen LogP contribution in [0.4, 0.5) is 0 Å². The number of carbonyl (C=O) groups excluding carboxylic acids is 1. The van der Waals surface area contributed by atoms with E-state index in [1.165, 1.54) is 20.5 Å². The van der Waals surface area contributed by atoms with E-state index in [0.29, 0.717) is 29.8 Å². The Hall–Kier alpha value is -2.71. The van der Waals surface area contributed by atoms with Crippen molar-refractivity contribution in [2.24, 2.45) is 0 Å². The molecule has 0 aliphatic heterocycles. The van der Waals surface area contributed by atoms with E-state index in [1.54, 1.807) is 18.6 Å². The Morgan fingerprint density at radius 2 is 1.93 bits per heavy atom. The number of thiophene rings is 1. The van der Waals surface area contributed by atoms with E-state index in [2.05, 4.69) is 5.32 Å². The number of nitrogens with one attached hydrogen (secondary N) is 1. The number of amides is 1. The molecule has 142 valence electrons. The van der Waals surface area contributed by atoms with Crippen LogP contribution in [0.15, 0.2) is 51.4 Å². The number of hydrogen-bond donors (Lipinski definition) is 1. The Kier molecular flexibility index (Phi) is 6.20. The van der Waals surface area contributed by atoms with Gasteiger partial charge >= 0.3 is 5.69 Å². The van der Waals surface area contributed by atoms with Crippen LogP contribution in [0.5, 0.6) is 0 Å². The minimum Gasteiger partial charge on any atom is -0.385 e. The molecule has 8 heteroatoms. The smallest absolute Gasteiger partial charge is 0.332 e. The predicted octanol–water partition coefficient (Wildman–Crippen LogP) is 1.58. The number of aromatic nitrogens is 2. The summed E-state index contributed by atoms with van der Waals surface area (Å²) in [6.45, 7) is 0.953. The molecule has 0 atom stereocenters. The van der Waals surface area contributed by atoms with Gasteiger partial charge in [-0.2, -0.15) is 0 Å². The van der Waals surface area contributed by atoms with Crippen molar-refractivity contribution in [2.45, 2.75) is 26.1 Å². The number of benzene rings is 1. The molecule has 1 N–H and O–H groups in total. The molecule has 2 heterocycles. The van der Waals surface area contributed by atoms with Crippen molar-refractivity contribution in [2.75, 3.05) is 13.7 Å². The van der Waals surface area contributed by atoms with E-state index in [4.69, 9.17) is 4.74 Å². The normalized spacial score (nSPS) is 11.0. The molecule has 0 aliphatic carbocycles. The van der Waals surface area contributed by atoms with Crippen LogP contribution in [0.25, 0.3) is 10.2 Å². The van der Waals surface area contributed by atoms with Crippen molar-refractivity contribution in [1.82, 2.24) is 14.5 Å². The number of rotatable bonds is 8. The number of methoxy groups -OCH3 is 1. The lowest BCUT2D eigenvalue weighted by molar-refractivity contribution is -0.121. The maximum Gasteiger partial charge on any atom is 0.332 e. The third-order valence-corrected chi connectivity index (χ3v) is 5.09. The Morgan fingerprint density at radius 1 is 1.15 bits per heavy atom. The highest BCUT2D eigenvalue weighted by atomic mass is 32.1. The van der Waals surface area contributed by atoms with Gasteiger partial charge in [0.25, 0.3) is 5.56 Å². The Bertz CT molecular complexity index is 1040. The molecule has 0 radical (unpaired) electrons. The molecule has 1 aromatic carbocycles. The summed E-state index contributed by atoms with van der Waals surface area (Å²) in [6.07, 6.45) is 0.544. The van der Waals surface area contributed by atoms with Crippen LogP contribution in [-0.2, 0) is 29.2 Å². The number of ether oxygens (including phenoxy) is 1. The van der Waals surface area contributed by atoms with Gasteiger partial charge in [0.2, 0.25) is 5.91 Å². The van der Waals surface area contributed by atoms with Crippen LogP contribution in [-0.4, -0.2) is 28.8 Å². The summed E-state index contributed by atoms with van der Waals surface area (Å²) < 4.78 is 8.02. The van der Waals surface area contributed by atoms with Crippen molar-refractivity contribution >= 4 is 27.5 Å². The molecule has 0 aliphatic rings. The first kappa shape index (κ1) is 19.1. The fourth-order valence-corrected chi connectivity index (χ4v) is 3.69. The zero-order valence-electron chi connectivity index (χ0n) is 15.0. The van der Waals surface area contributed by atoms with Crippen molar-refractivity contribution in [3.8, 4) is 0 Å². The minimum absolute atomic E-state index is 0.135. The number of hydrogen-bond acceptors (Lipinski definition) is 5. The molecule has 0 unspecified atom stereocenters. The second-order valence-corrected chi connectivity index (χ2v) is 6.99. The first-order valence-electron chi connectivity index (χ1n) is 8.62. The van der Waals surface area contributed by atoms with Gasteiger partial charge in [-0.3, -0.25) is 18.7 Å². The van der Waals surface area contributed by atoms with Crippen LogP contribution in [0.3, 0.4) is 0 Å². The van der Waals surface area contributed by atoms with Crippen LogP contribution in [0, 0.1) is 0 Å². The topological polar surface area (TPSA) is 82.3 Å². The third-order valence-electron chi connectivity index (χ3n) is 4.20. The van der Waals surface area contributed by atoms with E-state index in [-0.39, 0.29) is 24.6 Å². The monoisotopic (exact) mass is 387 g/mol. The van der Waals surface area contributed by atoms with Gasteiger partial charge < -0.3 is 10.1 Å². The van der Waals surface area contributed by atoms with Crippen molar-refractivity contribution in [3.05, 3.63) is 68.2 Å². The maximum atomic E-state index is 12.8. The first-order chi connectivity index (χ1) is 13.1. The lowest BCUT2D eigenvalue weighted by atomic mass is 10.2. The lowest BCUT2D eigenvalue weighted by Gasteiger charge is -2.12. The van der Waals surface area contributed by atoms with E-state index in [1.807, 2.05) is 30.3 Å². The minimum atomic E-state index is -0.475. The van der Waals surface area contributed by atoms with E-state index < -0.39 is 5.69 Å². The SMILES string of the molecule is COCCCn1c(=O)c2sccc2n(CC(=O)NCc2ccccc2)c1=O. The molecule has 27 heavy (non-hydrogen) atoms. The molecule has 0 bridgehead atoms. The van der Waals surface area contributed by atoms with Gasteiger partial charge in [-0.25, -0.2) is 4.79 Å². The third kappa shape index (κ3) is 4.35. The Balaban J connectivity index is 1.84. The molecular formula is C19H21N3O4S. The van der Waals surface area contributed by atoms with Gasteiger partial charge in [0.15, 0.2) is 0 Å². The first-order valence-corrected chi connectivity index (χ1v) is 9.50. The second-order valence-electron chi connectivity index (χ2n) is 6.07. The highest BCUT2D eigenvalue weighted by Gasteiger charge is 2.16. The molecule has 3 rings (SSSR count). The average molecular weight is 387 g/mol. The van der Waals surface area contributed by atoms with E-state index in [0.717, 1.165) is 5.56 Å². The highest BCUT2D eigenvalue weighted by Crippen LogP contribution is 2.15. The summed E-state index contributed by atoms with van der Waals surface area (Å²) in [5.41, 5.74) is 0.676. The zero-order chi connectivity index (χ0) is 19.2. The van der Waals surface area contributed by atoms with Gasteiger partial charge in [0.05, 0.1) is 5.52 Å². The van der Waals surface area contributed by atoms with Gasteiger partial charge in [-0.1, -0.05) is 30.3 Å². The predicted molar refractivity (Wildman–Crippen MR) is 105 cm³/mol. The maximum absolute atomic E-state index is 12.8. The van der Waals surface area contributed by atoms with Crippen LogP contribution in [0.1, 0.15) is 12.0 Å². The summed E-state index contributed by atoms with van der Waals surface area (Å²) in [5.74, 6) is -0.282. The van der Waals surface area contributed by atoms with Crippen molar-refractivity contribution in [3.63, 3.8) is 0 Å². The molecule has 2 aromatic heterocycles. The summed E-state index contributed by atoms with van der Waals surface area (Å²) in [5, 5.41) is 4.57. The number of carbonyl (C=O) groups is 1. The Labute approximate surface area is 159 Å². The zero-order valence-corrected chi connectivity index (χ0v) is 15.8. The van der Waals surface area contributed by atoms with Crippen LogP contribution < -0.4 is 16.6 Å². The molecule has 0 spiro atoms. The average Bonchev–Trinajstić information content (AvgIpc) is 3.17. The molecule has 0 saturated heterocycles. The summed E-state index contributed by atoms with van der Waals surface area (Å²) >= 11 is 1.27. The van der Waals surface area contributed by atoms with Gasteiger partial charge in [-0.15, -0.1) is 11.3 Å². The molecule has 7 nitrogen and oxygen atoms in total. The second kappa shape index (κ2) is 8.79. The number of nitrogens with zero attached hydrogens (tertiary/aromatic N) is 2. The molecule has 0 saturated carbocycles. The molecule has 3 aromatic rings. The van der Waals surface area contributed by atoms with Gasteiger partial charge in [0, 0.05) is 26.8 Å². The quantitative estimate of drug-likeness (QED) is 0.595. The summed E-state index contributed by atoms with van der Waals surface area (Å²) in [7, 11) is 1.57. The van der Waals surface area contributed by atoms with E-state index in [9.17, 15) is 14.4 Å². The van der Waals surface area contributed by atoms with Gasteiger partial charge in [-0.05, 0) is 23.4 Å². The fraction of sp³-hybridized carbons (Fsp3) is 0.316. The largest absolute Gasteiger partial charge is 0.385 e. The standard InChI is InChI=1S/C19H21N3O4S/c1-26-10-5-9-21-18(24)17-15(8-11-27-17)22(19(21)25)13-16(23)20-12-14-6-3-2-4-7-14/h2-4,6-8,11H,5,9-10,12-13H2,1H3,(H,20,23). The van der Waals surface area contributed by atoms with Crippen molar-refractivity contribution in [1.29, 1.82) is 0 Å². The van der Waals surface area contributed by atoms with Crippen molar-refractivity contribution < 1.29 is 9.53 Å². The number of fused-ring (bicyclic) bond motifs is 1. The van der Waals surface area contributed by atoms with Crippen LogP contribution in [0.2, 0.25) is 0 Å². The van der Waals surface area contributed by atoms with E-state index >= 15 is 0 Å². The molecular weight excluding hydrogens is 366 g/mol. The summed E-state index contributed by atoms with van der Waals surface area (Å²) in [4.78, 5) is 37.8. The lowest BCUT2D eigenvalue weighted by Crippen LogP contribution is -2.42. The molecule has 1 amide bonds. The Morgan fingerprint density at radius 3 is 2.67 bits per heavy atom. The fourth-order valence-electron chi connectivity index (χ4n) is 2.85. The van der Waals surface area contributed by atoms with Gasteiger partial charge in [0.1, 0.15) is 11.2 Å². The highest BCUT2D eigenvalue weighted by molar-refractivity contribution is 7.17. The molecule has 0 fully saturated rings. The van der Waals surface area contributed by atoms with Crippen LogP contribution >= 0.6 is 11.3 Å².